The fourth-order valence-electron chi connectivity index (χ4n) is 2.83. The molecule has 0 spiro atoms. The van der Waals surface area contributed by atoms with Gasteiger partial charge in [0, 0.05) is 6.42 Å². The van der Waals surface area contributed by atoms with Crippen LogP contribution in [-0.4, -0.2) is 22.8 Å². The van der Waals surface area contributed by atoms with E-state index in [1.165, 1.54) is 0 Å². The molecule has 0 saturated carbocycles. The number of benzene rings is 1. The van der Waals surface area contributed by atoms with Crippen molar-refractivity contribution in [3.63, 3.8) is 0 Å². The Hall–Kier alpha value is -1.61. The summed E-state index contributed by atoms with van der Waals surface area (Å²) in [5.41, 5.74) is 1.49. The van der Waals surface area contributed by atoms with Crippen molar-refractivity contribution in [2.75, 3.05) is 0 Å². The number of hydrogen-bond acceptors (Lipinski definition) is 3. The second kappa shape index (κ2) is 7.10. The molecule has 0 aliphatic heterocycles. The minimum absolute atomic E-state index is 0.128. The number of carbonyl (C=O) groups is 1. The molecule has 0 radical (unpaired) electrons. The number of carbonyl (C=O) groups excluding carboxylic acids is 1. The maximum Gasteiger partial charge on any atom is 0.306 e. The SMILES string of the molecule is CC1=CCC(C(C)(C)O)C[C@@H]1OC(=O)CCc1ccccc1. The van der Waals surface area contributed by atoms with Crippen LogP contribution in [0.15, 0.2) is 42.0 Å². The van der Waals surface area contributed by atoms with Crippen molar-refractivity contribution in [2.24, 2.45) is 5.92 Å². The van der Waals surface area contributed by atoms with Gasteiger partial charge in [-0.2, -0.15) is 0 Å². The predicted molar refractivity (Wildman–Crippen MR) is 87.4 cm³/mol. The third-order valence-corrected chi connectivity index (χ3v) is 4.46. The second-order valence-electron chi connectivity index (χ2n) is 6.73. The van der Waals surface area contributed by atoms with Gasteiger partial charge in [0.05, 0.1) is 5.60 Å². The molecule has 120 valence electrons. The van der Waals surface area contributed by atoms with Crippen LogP contribution in [0.2, 0.25) is 0 Å². The van der Waals surface area contributed by atoms with Crippen molar-refractivity contribution in [1.82, 2.24) is 0 Å². The first-order valence-electron chi connectivity index (χ1n) is 7.98. The molecule has 0 bridgehead atoms. The van der Waals surface area contributed by atoms with Gasteiger partial charge in [-0.15, -0.1) is 0 Å². The van der Waals surface area contributed by atoms with Crippen LogP contribution in [0, 0.1) is 5.92 Å². The lowest BCUT2D eigenvalue weighted by atomic mass is 9.78. The molecule has 1 aliphatic carbocycles. The monoisotopic (exact) mass is 302 g/mol. The molecule has 1 aromatic carbocycles. The third kappa shape index (κ3) is 4.70. The van der Waals surface area contributed by atoms with Crippen LogP contribution in [0.3, 0.4) is 0 Å². The summed E-state index contributed by atoms with van der Waals surface area (Å²) in [4.78, 5) is 12.1. The molecular formula is C19H26O3. The van der Waals surface area contributed by atoms with E-state index in [0.29, 0.717) is 19.3 Å². The molecule has 2 rings (SSSR count). The van der Waals surface area contributed by atoms with Gasteiger partial charge in [-0.05, 0) is 57.1 Å². The zero-order valence-corrected chi connectivity index (χ0v) is 13.7. The maximum absolute atomic E-state index is 12.1. The van der Waals surface area contributed by atoms with E-state index in [-0.39, 0.29) is 18.0 Å². The molecule has 0 saturated heterocycles. The summed E-state index contributed by atoms with van der Waals surface area (Å²) in [7, 11) is 0. The topological polar surface area (TPSA) is 46.5 Å². The van der Waals surface area contributed by atoms with Crippen molar-refractivity contribution < 1.29 is 14.6 Å². The first-order chi connectivity index (χ1) is 10.4. The zero-order chi connectivity index (χ0) is 16.2. The Labute approximate surface area is 133 Å². The molecule has 0 heterocycles. The molecule has 3 nitrogen and oxygen atoms in total. The number of esters is 1. The van der Waals surface area contributed by atoms with Crippen molar-refractivity contribution in [1.29, 1.82) is 0 Å². The summed E-state index contributed by atoms with van der Waals surface area (Å²) in [6.07, 6.45) is 4.51. The first kappa shape index (κ1) is 16.8. The Morgan fingerprint density at radius 3 is 2.64 bits per heavy atom. The Morgan fingerprint density at radius 1 is 1.32 bits per heavy atom. The van der Waals surface area contributed by atoms with Crippen LogP contribution < -0.4 is 0 Å². The lowest BCUT2D eigenvalue weighted by Gasteiger charge is -2.35. The predicted octanol–water partition coefficient (Wildman–Crippen LogP) is 3.66. The number of aryl methyl sites for hydroxylation is 1. The molecule has 1 aliphatic rings. The fraction of sp³-hybridized carbons (Fsp3) is 0.526. The minimum Gasteiger partial charge on any atom is -0.458 e. The molecule has 1 aromatic rings. The van der Waals surface area contributed by atoms with E-state index in [1.54, 1.807) is 0 Å². The first-order valence-corrected chi connectivity index (χ1v) is 7.98. The van der Waals surface area contributed by atoms with Crippen molar-refractivity contribution in [2.45, 2.75) is 58.2 Å². The van der Waals surface area contributed by atoms with Gasteiger partial charge in [-0.3, -0.25) is 4.79 Å². The van der Waals surface area contributed by atoms with Gasteiger partial charge in [0.1, 0.15) is 6.10 Å². The van der Waals surface area contributed by atoms with E-state index in [9.17, 15) is 9.90 Å². The number of rotatable bonds is 5. The number of allylic oxidation sites excluding steroid dienone is 1. The molecular weight excluding hydrogens is 276 g/mol. The highest BCUT2D eigenvalue weighted by Crippen LogP contribution is 2.33. The molecule has 1 N–H and O–H groups in total. The van der Waals surface area contributed by atoms with Crippen LogP contribution in [0.1, 0.15) is 45.6 Å². The second-order valence-corrected chi connectivity index (χ2v) is 6.73. The Morgan fingerprint density at radius 2 is 2.00 bits per heavy atom. The summed E-state index contributed by atoms with van der Waals surface area (Å²) >= 11 is 0. The van der Waals surface area contributed by atoms with Crippen LogP contribution in [-0.2, 0) is 16.0 Å². The maximum atomic E-state index is 12.1. The molecule has 0 fully saturated rings. The normalized spacial score (nSPS) is 22.1. The lowest BCUT2D eigenvalue weighted by molar-refractivity contribution is -0.149. The highest BCUT2D eigenvalue weighted by Gasteiger charge is 2.33. The van der Waals surface area contributed by atoms with Gasteiger partial charge in [0.15, 0.2) is 0 Å². The third-order valence-electron chi connectivity index (χ3n) is 4.46. The molecule has 3 heteroatoms. The summed E-state index contributed by atoms with van der Waals surface area (Å²) < 4.78 is 5.63. The average Bonchev–Trinajstić information content (AvgIpc) is 2.47. The average molecular weight is 302 g/mol. The summed E-state index contributed by atoms with van der Waals surface area (Å²) in [5.74, 6) is -0.0406. The minimum atomic E-state index is -0.744. The molecule has 0 amide bonds. The van der Waals surface area contributed by atoms with E-state index in [0.717, 1.165) is 17.6 Å². The Bertz CT molecular complexity index is 525. The summed E-state index contributed by atoms with van der Waals surface area (Å²) in [6.45, 7) is 5.64. The van der Waals surface area contributed by atoms with Crippen molar-refractivity contribution in [3.05, 3.63) is 47.5 Å². The van der Waals surface area contributed by atoms with Crippen LogP contribution in [0.4, 0.5) is 0 Å². The van der Waals surface area contributed by atoms with Crippen LogP contribution in [0.5, 0.6) is 0 Å². The van der Waals surface area contributed by atoms with Gasteiger partial charge >= 0.3 is 5.97 Å². The van der Waals surface area contributed by atoms with Gasteiger partial charge in [-0.25, -0.2) is 0 Å². The van der Waals surface area contributed by atoms with Gasteiger partial charge in [0.25, 0.3) is 0 Å². The highest BCUT2D eigenvalue weighted by molar-refractivity contribution is 5.70. The van der Waals surface area contributed by atoms with Crippen molar-refractivity contribution in [3.8, 4) is 0 Å². The van der Waals surface area contributed by atoms with Crippen molar-refractivity contribution >= 4 is 5.97 Å². The standard InChI is InChI=1S/C19H26O3/c1-14-9-11-16(19(2,3)21)13-17(14)22-18(20)12-10-15-7-5-4-6-8-15/h4-9,16-17,21H,10-13H2,1-3H3/t16?,17-/m0/s1. The molecule has 0 aromatic heterocycles. The number of ether oxygens (including phenoxy) is 1. The molecule has 1 unspecified atom stereocenters. The largest absolute Gasteiger partial charge is 0.458 e. The van der Waals surface area contributed by atoms with E-state index in [4.69, 9.17) is 4.74 Å². The zero-order valence-electron chi connectivity index (χ0n) is 13.7. The van der Waals surface area contributed by atoms with E-state index in [2.05, 4.69) is 6.08 Å². The Kier molecular flexibility index (Phi) is 5.41. The molecule has 2 atom stereocenters. The van der Waals surface area contributed by atoms with Crippen LogP contribution in [0.25, 0.3) is 0 Å². The number of aliphatic hydroxyl groups is 1. The van der Waals surface area contributed by atoms with E-state index in [1.807, 2.05) is 51.1 Å². The molecule has 22 heavy (non-hydrogen) atoms. The summed E-state index contributed by atoms with van der Waals surface area (Å²) in [5, 5.41) is 10.2. The Balaban J connectivity index is 1.87. The van der Waals surface area contributed by atoms with Gasteiger partial charge in [-0.1, -0.05) is 36.4 Å². The van der Waals surface area contributed by atoms with Gasteiger partial charge < -0.3 is 9.84 Å². The fourth-order valence-corrected chi connectivity index (χ4v) is 2.83. The smallest absolute Gasteiger partial charge is 0.306 e. The quantitative estimate of drug-likeness (QED) is 0.667. The summed E-state index contributed by atoms with van der Waals surface area (Å²) in [6, 6.07) is 9.95. The van der Waals surface area contributed by atoms with E-state index < -0.39 is 5.60 Å². The number of hydrogen-bond donors (Lipinski definition) is 1. The van der Waals surface area contributed by atoms with Crippen LogP contribution >= 0.6 is 0 Å². The van der Waals surface area contributed by atoms with E-state index >= 15 is 0 Å². The lowest BCUT2D eigenvalue weighted by Crippen LogP contribution is -2.37. The van der Waals surface area contributed by atoms with Gasteiger partial charge in [0.2, 0.25) is 0 Å². The highest BCUT2D eigenvalue weighted by atomic mass is 16.5.